The third-order valence-electron chi connectivity index (χ3n) is 6.60. The van der Waals surface area contributed by atoms with Gasteiger partial charge >= 0.3 is 0 Å². The quantitative estimate of drug-likeness (QED) is 0.662. The number of benzene rings is 2. The van der Waals surface area contributed by atoms with Crippen molar-refractivity contribution in [2.45, 2.75) is 42.9 Å². The molecule has 3 aliphatic rings. The summed E-state index contributed by atoms with van der Waals surface area (Å²) in [7, 11) is 0. The molecule has 32 heavy (non-hydrogen) atoms. The summed E-state index contributed by atoms with van der Waals surface area (Å²) >= 11 is 12.6. The molecule has 1 N–H and O–H groups in total. The van der Waals surface area contributed by atoms with Crippen LogP contribution in [0.2, 0.25) is 5.02 Å². The van der Waals surface area contributed by atoms with E-state index in [-0.39, 0.29) is 41.4 Å². The molecule has 1 saturated carbocycles. The lowest BCUT2D eigenvalue weighted by Gasteiger charge is -2.37. The number of alkyl halides is 1. The van der Waals surface area contributed by atoms with Crippen LogP contribution in [0, 0.1) is 5.92 Å². The van der Waals surface area contributed by atoms with Gasteiger partial charge in [0, 0.05) is 10.4 Å². The van der Waals surface area contributed by atoms with Gasteiger partial charge in [-0.3, -0.25) is 9.59 Å². The lowest BCUT2D eigenvalue weighted by molar-refractivity contribution is -0.136. The van der Waals surface area contributed by atoms with Crippen LogP contribution >= 0.6 is 23.2 Å². The molecule has 2 aromatic rings. The molecule has 1 aliphatic carbocycles. The normalized spacial score (nSPS) is 28.3. The molecule has 0 radical (unpaired) electrons. The number of rotatable bonds is 4. The van der Waals surface area contributed by atoms with Gasteiger partial charge in [-0.1, -0.05) is 54.1 Å². The highest BCUT2D eigenvalue weighted by Gasteiger charge is 2.53. The number of amides is 1. The Hall–Kier alpha value is -2.34. The minimum Gasteiger partial charge on any atom is -0.483 e. The number of β-amino-alcohol motifs (C(OH)–C–C–N with tert-alkyl or cyclic N) is 1. The van der Waals surface area contributed by atoms with Crippen LogP contribution in [-0.4, -0.2) is 39.7 Å². The summed E-state index contributed by atoms with van der Waals surface area (Å²) in [4.78, 5) is 28.6. The number of aliphatic hydroxyl groups is 1. The second-order valence-corrected chi connectivity index (χ2v) is 9.68. The van der Waals surface area contributed by atoms with Crippen molar-refractivity contribution in [1.82, 2.24) is 4.90 Å². The van der Waals surface area contributed by atoms with E-state index in [1.807, 2.05) is 36.4 Å². The Morgan fingerprint density at radius 3 is 2.62 bits per heavy atom. The summed E-state index contributed by atoms with van der Waals surface area (Å²) in [6, 6.07) is 15.6. The smallest absolute Gasteiger partial charge is 0.290 e. The summed E-state index contributed by atoms with van der Waals surface area (Å²) in [5.74, 6) is -0.718. The predicted octanol–water partition coefficient (Wildman–Crippen LogP) is 4.59. The molecule has 7 heteroatoms. The number of nitrogens with zero attached hydrogens (tertiary/aromatic N) is 1. The minimum absolute atomic E-state index is 0.0249. The highest BCUT2D eigenvalue weighted by atomic mass is 35.5. The number of ether oxygens (including phenoxy) is 1. The van der Waals surface area contributed by atoms with Gasteiger partial charge in [0.2, 0.25) is 0 Å². The highest BCUT2D eigenvalue weighted by molar-refractivity contribution is 6.30. The lowest BCUT2D eigenvalue weighted by Crippen LogP contribution is -2.41. The molecule has 5 atom stereocenters. The minimum atomic E-state index is -0.909. The molecule has 0 spiro atoms. The molecule has 2 aromatic carbocycles. The average molecular weight is 472 g/mol. The van der Waals surface area contributed by atoms with E-state index in [4.69, 9.17) is 27.9 Å². The van der Waals surface area contributed by atoms with Crippen LogP contribution in [0.5, 0.6) is 0 Å². The largest absolute Gasteiger partial charge is 0.483 e. The maximum absolute atomic E-state index is 13.6. The van der Waals surface area contributed by atoms with Crippen LogP contribution in [0.4, 0.5) is 0 Å². The van der Waals surface area contributed by atoms with E-state index in [0.717, 1.165) is 6.42 Å². The van der Waals surface area contributed by atoms with Gasteiger partial charge in [0.05, 0.1) is 30.2 Å². The number of Topliss-reactive ketones (excluding diaryl/α,β-unsaturated/α-hetero) is 1. The van der Waals surface area contributed by atoms with Crippen LogP contribution in [0.3, 0.4) is 0 Å². The van der Waals surface area contributed by atoms with Crippen LogP contribution in [0.15, 0.2) is 65.9 Å². The maximum Gasteiger partial charge on any atom is 0.290 e. The molecular weight excluding hydrogens is 449 g/mol. The van der Waals surface area contributed by atoms with Crippen molar-refractivity contribution in [1.29, 1.82) is 0 Å². The summed E-state index contributed by atoms with van der Waals surface area (Å²) in [5, 5.41) is 11.3. The first-order valence-corrected chi connectivity index (χ1v) is 11.6. The molecule has 2 heterocycles. The van der Waals surface area contributed by atoms with Gasteiger partial charge in [0.25, 0.3) is 5.91 Å². The number of hydrogen-bond acceptors (Lipinski definition) is 4. The Morgan fingerprint density at radius 1 is 1.09 bits per heavy atom. The molecule has 0 aromatic heterocycles. The van der Waals surface area contributed by atoms with E-state index < -0.39 is 12.1 Å². The Labute approximate surface area is 196 Å². The van der Waals surface area contributed by atoms with E-state index in [9.17, 15) is 14.7 Å². The van der Waals surface area contributed by atoms with E-state index >= 15 is 0 Å². The zero-order valence-electron chi connectivity index (χ0n) is 17.3. The van der Waals surface area contributed by atoms with Gasteiger partial charge in [0.15, 0.2) is 11.5 Å². The van der Waals surface area contributed by atoms with Crippen molar-refractivity contribution >= 4 is 34.9 Å². The van der Waals surface area contributed by atoms with Crippen molar-refractivity contribution in [3.63, 3.8) is 0 Å². The van der Waals surface area contributed by atoms with Crippen LogP contribution < -0.4 is 0 Å². The second kappa shape index (κ2) is 8.54. The zero-order chi connectivity index (χ0) is 22.4. The molecule has 5 nitrogen and oxygen atoms in total. The monoisotopic (exact) mass is 471 g/mol. The summed E-state index contributed by atoms with van der Waals surface area (Å²) in [6.07, 6.45) is 0.682. The number of carbonyl (C=O) groups excluding carboxylic acids is 2. The fourth-order valence-electron chi connectivity index (χ4n) is 5.04. The van der Waals surface area contributed by atoms with Crippen LogP contribution in [0.25, 0.3) is 0 Å². The van der Waals surface area contributed by atoms with Crippen molar-refractivity contribution < 1.29 is 19.4 Å². The molecule has 1 fully saturated rings. The number of halogens is 2. The number of carbonyl (C=O) groups is 2. The van der Waals surface area contributed by atoms with E-state index in [2.05, 4.69) is 0 Å². The van der Waals surface area contributed by atoms with Crippen molar-refractivity contribution in [2.24, 2.45) is 5.92 Å². The standard InChI is InChI=1S/C25H23Cl2NO4/c26-16-8-4-7-15(11-16)22-21-23(30)18-12-17(27)9-10-20(18)32-24(21)25(31)28(22)13-19(29)14-5-2-1-3-6-14/h1-8,11,17-20,22,29H,9-10,12-13H2. The van der Waals surface area contributed by atoms with E-state index in [1.165, 1.54) is 4.90 Å². The number of ketones is 1. The van der Waals surface area contributed by atoms with Gasteiger partial charge in [-0.05, 0) is 42.5 Å². The van der Waals surface area contributed by atoms with Crippen molar-refractivity contribution in [3.8, 4) is 0 Å². The average Bonchev–Trinajstić information content (AvgIpc) is 3.07. The third kappa shape index (κ3) is 3.72. The molecule has 5 unspecified atom stereocenters. The number of fused-ring (bicyclic) bond motifs is 1. The predicted molar refractivity (Wildman–Crippen MR) is 121 cm³/mol. The van der Waals surface area contributed by atoms with Crippen molar-refractivity contribution in [2.75, 3.05) is 6.54 Å². The second-order valence-electron chi connectivity index (χ2n) is 8.62. The van der Waals surface area contributed by atoms with Gasteiger partial charge in [-0.25, -0.2) is 0 Å². The first-order chi connectivity index (χ1) is 15.4. The molecule has 0 bridgehead atoms. The first-order valence-electron chi connectivity index (χ1n) is 10.8. The van der Waals surface area contributed by atoms with E-state index in [0.29, 0.717) is 34.6 Å². The van der Waals surface area contributed by atoms with Gasteiger partial charge in [-0.2, -0.15) is 0 Å². The number of aliphatic hydroxyl groups excluding tert-OH is 1. The molecular formula is C25H23Cl2NO4. The molecule has 0 saturated heterocycles. The van der Waals surface area contributed by atoms with Gasteiger partial charge in [0.1, 0.15) is 6.10 Å². The topological polar surface area (TPSA) is 66.8 Å². The zero-order valence-corrected chi connectivity index (χ0v) is 18.8. The van der Waals surface area contributed by atoms with Gasteiger partial charge < -0.3 is 14.7 Å². The Kier molecular flexibility index (Phi) is 5.74. The van der Waals surface area contributed by atoms with E-state index in [1.54, 1.807) is 18.2 Å². The Morgan fingerprint density at radius 2 is 1.88 bits per heavy atom. The highest BCUT2D eigenvalue weighted by Crippen LogP contribution is 2.47. The molecule has 5 rings (SSSR count). The van der Waals surface area contributed by atoms with Crippen LogP contribution in [0.1, 0.15) is 42.5 Å². The fourth-order valence-corrected chi connectivity index (χ4v) is 5.56. The molecule has 166 valence electrons. The maximum atomic E-state index is 13.6. The SMILES string of the molecule is O=C1C2=C(OC3CCC(Cl)CC13)C(=O)N(CC(O)c1ccccc1)C2c1cccc(Cl)c1. The molecule has 1 amide bonds. The summed E-state index contributed by atoms with van der Waals surface area (Å²) < 4.78 is 6.14. The van der Waals surface area contributed by atoms with Gasteiger partial charge in [-0.15, -0.1) is 11.6 Å². The first kappa shape index (κ1) is 21.5. The summed E-state index contributed by atoms with van der Waals surface area (Å²) in [5.41, 5.74) is 1.76. The third-order valence-corrected chi connectivity index (χ3v) is 7.23. The summed E-state index contributed by atoms with van der Waals surface area (Å²) in [6.45, 7) is 0.0249. The number of hydrogen-bond donors (Lipinski definition) is 1. The Bertz CT molecular complexity index is 1090. The lowest BCUT2D eigenvalue weighted by atomic mass is 9.77. The van der Waals surface area contributed by atoms with Crippen molar-refractivity contribution in [3.05, 3.63) is 82.1 Å². The Balaban J connectivity index is 1.55. The fraction of sp³-hybridized carbons (Fsp3) is 0.360. The van der Waals surface area contributed by atoms with Crippen LogP contribution in [-0.2, 0) is 14.3 Å². The molecule has 2 aliphatic heterocycles.